The SMILES string of the molecule is CC(C)C(=O)O.CCC(=O)O.CCCC(=O)O.[Mn].[Mn]. The number of carboxylic acid groups (broad SMARTS) is 3. The summed E-state index contributed by atoms with van der Waals surface area (Å²) in [5.74, 6) is -2.43. The molecule has 6 nitrogen and oxygen atoms in total. The molecule has 0 spiro atoms. The average molecular weight is 360 g/mol. The molecular weight excluding hydrogens is 338 g/mol. The van der Waals surface area contributed by atoms with Crippen LogP contribution in [-0.4, -0.2) is 33.2 Å². The molecule has 0 unspecified atom stereocenters. The van der Waals surface area contributed by atoms with E-state index in [4.69, 9.17) is 15.3 Å². The van der Waals surface area contributed by atoms with Gasteiger partial charge in [-0.05, 0) is 6.42 Å². The van der Waals surface area contributed by atoms with E-state index in [1.165, 1.54) is 0 Å². The van der Waals surface area contributed by atoms with E-state index >= 15 is 0 Å². The Balaban J connectivity index is -0.0000000492. The van der Waals surface area contributed by atoms with Gasteiger partial charge in [0, 0.05) is 47.0 Å². The molecule has 0 bridgehead atoms. The molecule has 8 heteroatoms. The third-order valence-corrected chi connectivity index (χ3v) is 1.26. The first-order valence-electron chi connectivity index (χ1n) is 5.35. The third kappa shape index (κ3) is 58.3. The Morgan fingerprint density at radius 2 is 1.16 bits per heavy atom. The molecule has 0 saturated heterocycles. The van der Waals surface area contributed by atoms with Crippen molar-refractivity contribution in [3.63, 3.8) is 0 Å². The van der Waals surface area contributed by atoms with E-state index in [1.807, 2.05) is 6.92 Å². The number of carbonyl (C=O) groups is 3. The Kier molecular flexibility index (Phi) is 37.0. The van der Waals surface area contributed by atoms with E-state index < -0.39 is 17.9 Å². The number of rotatable bonds is 4. The van der Waals surface area contributed by atoms with Crippen LogP contribution in [0.2, 0.25) is 0 Å². The summed E-state index contributed by atoms with van der Waals surface area (Å²) in [6, 6.07) is 0. The van der Waals surface area contributed by atoms with E-state index in [2.05, 4.69) is 0 Å². The molecule has 0 aliphatic carbocycles. The fourth-order valence-corrected chi connectivity index (χ4v) is 0.214. The zero-order valence-corrected chi connectivity index (χ0v) is 13.9. The quantitative estimate of drug-likeness (QED) is 0.662. The van der Waals surface area contributed by atoms with Crippen LogP contribution in [-0.2, 0) is 48.5 Å². The van der Waals surface area contributed by atoms with Crippen LogP contribution in [0.5, 0.6) is 0 Å². The van der Waals surface area contributed by atoms with Gasteiger partial charge in [-0.15, -0.1) is 0 Å². The van der Waals surface area contributed by atoms with Crippen LogP contribution < -0.4 is 0 Å². The summed E-state index contributed by atoms with van der Waals surface area (Å²) in [6.45, 7) is 6.72. The second-order valence-corrected chi connectivity index (χ2v) is 3.38. The normalized spacial score (nSPS) is 7.42. The van der Waals surface area contributed by atoms with Crippen LogP contribution in [0.25, 0.3) is 0 Å². The summed E-state index contributed by atoms with van der Waals surface area (Å²) in [7, 11) is 0. The van der Waals surface area contributed by atoms with Crippen LogP contribution >= 0.6 is 0 Å². The number of hydrogen-bond donors (Lipinski definition) is 3. The van der Waals surface area contributed by atoms with E-state index in [0.29, 0.717) is 6.42 Å². The molecule has 0 saturated carbocycles. The predicted octanol–water partition coefficient (Wildman–Crippen LogP) is 2.07. The molecule has 0 amide bonds. The van der Waals surface area contributed by atoms with Gasteiger partial charge in [-0.25, -0.2) is 0 Å². The van der Waals surface area contributed by atoms with Crippen LogP contribution in [0.15, 0.2) is 0 Å². The average Bonchev–Trinajstić information content (AvgIpc) is 2.19. The minimum absolute atomic E-state index is 0. The van der Waals surface area contributed by atoms with Crippen molar-refractivity contribution < 1.29 is 63.8 Å². The van der Waals surface area contributed by atoms with Crippen molar-refractivity contribution >= 4 is 17.9 Å². The Hall–Kier alpha value is -0.551. The summed E-state index contributed by atoms with van der Waals surface area (Å²) in [5.41, 5.74) is 0. The van der Waals surface area contributed by atoms with Crippen LogP contribution in [0, 0.1) is 5.92 Å². The van der Waals surface area contributed by atoms with Gasteiger partial charge in [0.25, 0.3) is 0 Å². The van der Waals surface area contributed by atoms with Gasteiger partial charge in [0.05, 0.1) is 5.92 Å². The van der Waals surface area contributed by atoms with Crippen molar-refractivity contribution in [2.75, 3.05) is 0 Å². The Morgan fingerprint density at radius 1 is 0.895 bits per heavy atom. The van der Waals surface area contributed by atoms with Crippen LogP contribution in [0.3, 0.4) is 0 Å². The van der Waals surface area contributed by atoms with Crippen molar-refractivity contribution in [3.8, 4) is 0 Å². The topological polar surface area (TPSA) is 112 Å². The fraction of sp³-hybridized carbons (Fsp3) is 0.727. The van der Waals surface area contributed by atoms with Gasteiger partial charge >= 0.3 is 17.9 Å². The molecule has 0 aromatic heterocycles. The Labute approximate surface area is 134 Å². The molecular formula is C11H22Mn2O6. The molecule has 0 heterocycles. The first kappa shape index (κ1) is 31.1. The van der Waals surface area contributed by atoms with Crippen LogP contribution in [0.4, 0.5) is 0 Å². The molecule has 0 fully saturated rings. The maximum absolute atomic E-state index is 9.70. The van der Waals surface area contributed by atoms with Crippen molar-refractivity contribution in [1.29, 1.82) is 0 Å². The first-order valence-corrected chi connectivity index (χ1v) is 5.35. The van der Waals surface area contributed by atoms with Gasteiger partial charge in [0.2, 0.25) is 0 Å². The summed E-state index contributed by atoms with van der Waals surface area (Å²) >= 11 is 0. The fourth-order valence-electron chi connectivity index (χ4n) is 0.214. The second-order valence-electron chi connectivity index (χ2n) is 3.38. The van der Waals surface area contributed by atoms with Gasteiger partial charge in [0.15, 0.2) is 0 Å². The summed E-state index contributed by atoms with van der Waals surface area (Å²) in [6.07, 6.45) is 1.25. The molecule has 3 N–H and O–H groups in total. The third-order valence-electron chi connectivity index (χ3n) is 1.26. The van der Waals surface area contributed by atoms with Gasteiger partial charge in [-0.3, -0.25) is 14.4 Å². The largest absolute Gasteiger partial charge is 0.481 e. The zero-order valence-electron chi connectivity index (χ0n) is 11.5. The molecule has 116 valence electrons. The Morgan fingerprint density at radius 3 is 1.16 bits per heavy atom. The standard InChI is InChI=1S/2C4H8O2.C3H6O2.2Mn/c1-3(2)4(5)6;1-2-3-4(5)6;1-2-3(4)5;;/h3H,1-2H3,(H,5,6);2-3H2,1H3,(H,5,6);2H2,1H3,(H,4,5);;. The number of aliphatic carboxylic acids is 3. The zero-order chi connectivity index (χ0) is 14.4. The molecule has 0 aliphatic heterocycles. The minimum Gasteiger partial charge on any atom is -0.481 e. The van der Waals surface area contributed by atoms with Crippen LogP contribution in [0.1, 0.15) is 47.0 Å². The van der Waals surface area contributed by atoms with E-state index in [-0.39, 0.29) is 46.5 Å². The summed E-state index contributed by atoms with van der Waals surface area (Å²) < 4.78 is 0. The number of hydrogen-bond acceptors (Lipinski definition) is 3. The van der Waals surface area contributed by atoms with Crippen molar-refractivity contribution in [3.05, 3.63) is 0 Å². The van der Waals surface area contributed by atoms with E-state index in [9.17, 15) is 14.4 Å². The summed E-state index contributed by atoms with van der Waals surface area (Å²) in [5, 5.41) is 23.6. The van der Waals surface area contributed by atoms with Gasteiger partial charge in [-0.1, -0.05) is 27.7 Å². The van der Waals surface area contributed by atoms with Crippen molar-refractivity contribution in [2.24, 2.45) is 5.92 Å². The van der Waals surface area contributed by atoms with Gasteiger partial charge < -0.3 is 15.3 Å². The van der Waals surface area contributed by atoms with E-state index in [1.54, 1.807) is 20.8 Å². The molecule has 19 heavy (non-hydrogen) atoms. The monoisotopic (exact) mass is 360 g/mol. The number of carboxylic acids is 3. The smallest absolute Gasteiger partial charge is 0.305 e. The van der Waals surface area contributed by atoms with Crippen molar-refractivity contribution in [1.82, 2.24) is 0 Å². The minimum atomic E-state index is -0.745. The molecule has 0 aromatic carbocycles. The first-order chi connectivity index (χ1) is 7.68. The molecule has 0 rings (SSSR count). The predicted molar refractivity (Wildman–Crippen MR) is 62.9 cm³/mol. The molecule has 0 aromatic rings. The molecule has 2 radical (unpaired) electrons. The molecule has 0 atom stereocenters. The van der Waals surface area contributed by atoms with Crippen molar-refractivity contribution in [2.45, 2.75) is 47.0 Å². The van der Waals surface area contributed by atoms with Gasteiger partial charge in [0.1, 0.15) is 0 Å². The van der Waals surface area contributed by atoms with Gasteiger partial charge in [-0.2, -0.15) is 0 Å². The van der Waals surface area contributed by atoms with E-state index in [0.717, 1.165) is 6.42 Å². The Bertz CT molecular complexity index is 231. The second kappa shape index (κ2) is 22.6. The maximum Gasteiger partial charge on any atom is 0.305 e. The summed E-state index contributed by atoms with van der Waals surface area (Å²) in [4.78, 5) is 28.7. The molecule has 0 aliphatic rings. The maximum atomic E-state index is 9.70.